The molecule has 0 fully saturated rings. The first-order valence-electron chi connectivity index (χ1n) is 7.57. The van der Waals surface area contributed by atoms with E-state index in [1.54, 1.807) is 42.6 Å². The van der Waals surface area contributed by atoms with E-state index in [0.29, 0.717) is 33.9 Å². The van der Waals surface area contributed by atoms with Gasteiger partial charge in [0.15, 0.2) is 0 Å². The summed E-state index contributed by atoms with van der Waals surface area (Å²) in [6, 6.07) is 12.1. The number of hydrogen-bond acceptors (Lipinski definition) is 4. The largest absolute Gasteiger partial charge is 0.505 e. The molecule has 0 unspecified atom stereocenters. The minimum absolute atomic E-state index is 0.0862. The third-order valence-corrected chi connectivity index (χ3v) is 3.93. The Kier molecular flexibility index (Phi) is 5.84. The Morgan fingerprint density at radius 3 is 2.56 bits per heavy atom. The molecule has 0 aliphatic heterocycles. The molecule has 0 aliphatic carbocycles. The maximum absolute atomic E-state index is 10.7. The lowest BCUT2D eigenvalue weighted by Crippen LogP contribution is -2.33. The summed E-state index contributed by atoms with van der Waals surface area (Å²) in [5.74, 6) is -0.227. The number of aromatic hydroxyl groups is 1. The van der Waals surface area contributed by atoms with Crippen molar-refractivity contribution in [2.24, 2.45) is 10.7 Å². The van der Waals surface area contributed by atoms with Gasteiger partial charge in [0.2, 0.25) is 12.2 Å². The molecule has 0 aromatic heterocycles. The monoisotopic (exact) mass is 353 g/mol. The number of halogens is 1. The van der Waals surface area contributed by atoms with Crippen LogP contribution < -0.4 is 10.6 Å². The Hall–Kier alpha value is -3.22. The van der Waals surface area contributed by atoms with Gasteiger partial charge < -0.3 is 10.8 Å². The van der Waals surface area contributed by atoms with Crippen LogP contribution in [0.2, 0.25) is 5.02 Å². The SMILES string of the molecule is CCCc1c(C#N)ccc(N(C(N)=NC#N)c2ccccc2Cl)c1O. The van der Waals surface area contributed by atoms with Gasteiger partial charge in [-0.05, 0) is 30.7 Å². The van der Waals surface area contributed by atoms with Crippen molar-refractivity contribution in [3.05, 3.63) is 52.5 Å². The molecule has 2 aromatic rings. The summed E-state index contributed by atoms with van der Waals surface area (Å²) in [6.07, 6.45) is 2.90. The molecule has 0 bridgehead atoms. The number of aliphatic imine (C=N–C) groups is 1. The highest BCUT2D eigenvalue weighted by atomic mass is 35.5. The molecule has 3 N–H and O–H groups in total. The van der Waals surface area contributed by atoms with Crippen LogP contribution in [0, 0.1) is 22.8 Å². The second kappa shape index (κ2) is 8.05. The summed E-state index contributed by atoms with van der Waals surface area (Å²) in [5.41, 5.74) is 7.61. The molecule has 0 aliphatic rings. The molecule has 6 nitrogen and oxygen atoms in total. The van der Waals surface area contributed by atoms with Gasteiger partial charge in [0.1, 0.15) is 5.75 Å². The van der Waals surface area contributed by atoms with Crippen molar-refractivity contribution in [1.29, 1.82) is 10.5 Å². The maximum atomic E-state index is 10.7. The van der Waals surface area contributed by atoms with E-state index in [9.17, 15) is 10.4 Å². The van der Waals surface area contributed by atoms with Gasteiger partial charge in [0, 0.05) is 5.56 Å². The van der Waals surface area contributed by atoms with E-state index in [4.69, 9.17) is 22.6 Å². The molecule has 0 amide bonds. The van der Waals surface area contributed by atoms with Gasteiger partial charge in [-0.1, -0.05) is 37.1 Å². The van der Waals surface area contributed by atoms with Gasteiger partial charge in [0.25, 0.3) is 0 Å². The summed E-state index contributed by atoms with van der Waals surface area (Å²) in [7, 11) is 0. The van der Waals surface area contributed by atoms with Gasteiger partial charge in [0.05, 0.1) is 28.0 Å². The van der Waals surface area contributed by atoms with Crippen molar-refractivity contribution in [2.45, 2.75) is 19.8 Å². The van der Waals surface area contributed by atoms with Crippen LogP contribution >= 0.6 is 11.6 Å². The first kappa shape index (κ1) is 18.1. The van der Waals surface area contributed by atoms with Crippen LogP contribution in [0.3, 0.4) is 0 Å². The second-order valence-electron chi connectivity index (χ2n) is 5.18. The summed E-state index contributed by atoms with van der Waals surface area (Å²) >= 11 is 6.26. The van der Waals surface area contributed by atoms with E-state index < -0.39 is 0 Å². The van der Waals surface area contributed by atoms with Crippen molar-refractivity contribution in [3.8, 4) is 18.0 Å². The molecule has 7 heteroatoms. The Bertz CT molecular complexity index is 895. The quantitative estimate of drug-likeness (QED) is 0.493. The lowest BCUT2D eigenvalue weighted by atomic mass is 10.0. The van der Waals surface area contributed by atoms with Crippen molar-refractivity contribution in [1.82, 2.24) is 0 Å². The van der Waals surface area contributed by atoms with Crippen LogP contribution in [-0.2, 0) is 6.42 Å². The zero-order valence-electron chi connectivity index (χ0n) is 13.6. The summed E-state index contributed by atoms with van der Waals surface area (Å²) < 4.78 is 0. The van der Waals surface area contributed by atoms with Crippen molar-refractivity contribution in [2.75, 3.05) is 4.90 Å². The van der Waals surface area contributed by atoms with Gasteiger partial charge in [-0.15, -0.1) is 4.99 Å². The first-order chi connectivity index (χ1) is 12.0. The highest BCUT2D eigenvalue weighted by Crippen LogP contribution is 2.40. The molecule has 2 aromatic carbocycles. The van der Waals surface area contributed by atoms with E-state index in [2.05, 4.69) is 11.1 Å². The molecule has 0 saturated carbocycles. The van der Waals surface area contributed by atoms with Crippen LogP contribution in [0.1, 0.15) is 24.5 Å². The number of hydrogen-bond donors (Lipinski definition) is 2. The minimum Gasteiger partial charge on any atom is -0.505 e. The fourth-order valence-corrected chi connectivity index (χ4v) is 2.74. The van der Waals surface area contributed by atoms with E-state index in [0.717, 1.165) is 6.42 Å². The molecular weight excluding hydrogens is 338 g/mol. The predicted molar refractivity (Wildman–Crippen MR) is 97.6 cm³/mol. The zero-order chi connectivity index (χ0) is 18.4. The van der Waals surface area contributed by atoms with Crippen molar-refractivity contribution in [3.63, 3.8) is 0 Å². The fourth-order valence-electron chi connectivity index (χ4n) is 2.52. The number of anilines is 2. The summed E-state index contributed by atoms with van der Waals surface area (Å²) in [4.78, 5) is 4.96. The number of para-hydroxylation sites is 1. The van der Waals surface area contributed by atoms with E-state index in [1.807, 2.05) is 6.92 Å². The highest BCUT2D eigenvalue weighted by molar-refractivity contribution is 6.34. The van der Waals surface area contributed by atoms with Gasteiger partial charge in [-0.25, -0.2) is 0 Å². The number of nitrogens with two attached hydrogens (primary N) is 1. The van der Waals surface area contributed by atoms with Crippen molar-refractivity contribution < 1.29 is 5.11 Å². The Morgan fingerprint density at radius 2 is 1.96 bits per heavy atom. The first-order valence-corrected chi connectivity index (χ1v) is 7.94. The Balaban J connectivity index is 2.74. The van der Waals surface area contributed by atoms with Crippen LogP contribution in [-0.4, -0.2) is 11.1 Å². The number of phenolic OH excluding ortho intramolecular Hbond substituents is 1. The van der Waals surface area contributed by atoms with E-state index >= 15 is 0 Å². The summed E-state index contributed by atoms with van der Waals surface area (Å²) in [6.45, 7) is 1.95. The number of guanidine groups is 1. The summed E-state index contributed by atoms with van der Waals surface area (Å²) in [5, 5.41) is 29.2. The number of nitriles is 2. The average molecular weight is 354 g/mol. The predicted octanol–water partition coefficient (Wildman–Crippen LogP) is 3.80. The topological polar surface area (TPSA) is 109 Å². The van der Waals surface area contributed by atoms with Crippen LogP contribution in [0.25, 0.3) is 0 Å². The smallest absolute Gasteiger partial charge is 0.216 e. The average Bonchev–Trinajstić information content (AvgIpc) is 2.60. The second-order valence-corrected chi connectivity index (χ2v) is 5.59. The minimum atomic E-state index is -0.141. The third kappa shape index (κ3) is 3.65. The van der Waals surface area contributed by atoms with E-state index in [-0.39, 0.29) is 11.7 Å². The number of phenols is 1. The molecule has 126 valence electrons. The molecule has 0 radical (unpaired) electrons. The van der Waals surface area contributed by atoms with Gasteiger partial charge >= 0.3 is 0 Å². The number of rotatable bonds is 4. The molecule has 0 spiro atoms. The number of nitrogens with zero attached hydrogens (tertiary/aromatic N) is 4. The van der Waals surface area contributed by atoms with Crippen LogP contribution in [0.4, 0.5) is 11.4 Å². The molecule has 0 saturated heterocycles. The highest BCUT2D eigenvalue weighted by Gasteiger charge is 2.22. The standard InChI is InChI=1S/C18H16ClN5O/c1-2-5-13-12(10-20)8-9-16(17(13)25)24(18(22)23-11-21)15-7-4-3-6-14(15)19/h3-4,6-9,25H,2,5H2,1H3,(H2,22,23). The van der Waals surface area contributed by atoms with Gasteiger partial charge in [-0.3, -0.25) is 4.90 Å². The number of benzene rings is 2. The lowest BCUT2D eigenvalue weighted by molar-refractivity contribution is 0.469. The van der Waals surface area contributed by atoms with Crippen LogP contribution in [0.5, 0.6) is 5.75 Å². The van der Waals surface area contributed by atoms with Gasteiger partial charge in [-0.2, -0.15) is 10.5 Å². The molecule has 0 heterocycles. The van der Waals surface area contributed by atoms with Crippen LogP contribution in [0.15, 0.2) is 41.4 Å². The molecule has 0 atom stereocenters. The molecule has 25 heavy (non-hydrogen) atoms. The lowest BCUT2D eigenvalue weighted by Gasteiger charge is -2.26. The normalized spacial score (nSPS) is 10.8. The fraction of sp³-hybridized carbons (Fsp3) is 0.167. The van der Waals surface area contributed by atoms with E-state index in [1.165, 1.54) is 4.90 Å². The molecular formula is C18H16ClN5O. The molecule has 2 rings (SSSR count). The Morgan fingerprint density at radius 1 is 1.24 bits per heavy atom. The third-order valence-electron chi connectivity index (χ3n) is 3.61. The zero-order valence-corrected chi connectivity index (χ0v) is 14.3. The van der Waals surface area contributed by atoms with Crippen molar-refractivity contribution >= 4 is 28.9 Å². The Labute approximate surface area is 151 Å². The maximum Gasteiger partial charge on any atom is 0.216 e.